The first-order chi connectivity index (χ1) is 9.10. The summed E-state index contributed by atoms with van der Waals surface area (Å²) in [5.41, 5.74) is 2.69. The van der Waals surface area contributed by atoms with Gasteiger partial charge < -0.3 is 5.32 Å². The standard InChI is InChI=1S/C14H15ClFN3/c1-9-7-19-14(8-18-9)13(17-2)6-10-3-4-12(16)11(15)5-10/h3-5,7-8,13,17H,6H2,1-2H3. The first-order valence-corrected chi connectivity index (χ1v) is 6.37. The molecule has 0 radical (unpaired) electrons. The van der Waals surface area contributed by atoms with Crippen molar-refractivity contribution in [3.63, 3.8) is 0 Å². The van der Waals surface area contributed by atoms with E-state index in [4.69, 9.17) is 11.6 Å². The summed E-state index contributed by atoms with van der Waals surface area (Å²) in [5.74, 6) is -0.401. The molecular formula is C14H15ClFN3. The topological polar surface area (TPSA) is 37.8 Å². The second-order valence-corrected chi connectivity index (χ2v) is 4.78. The van der Waals surface area contributed by atoms with Crippen LogP contribution in [0.1, 0.15) is 23.0 Å². The van der Waals surface area contributed by atoms with Crippen molar-refractivity contribution in [2.45, 2.75) is 19.4 Å². The fourth-order valence-electron chi connectivity index (χ4n) is 1.84. The lowest BCUT2D eigenvalue weighted by molar-refractivity contribution is 0.570. The molecule has 1 aromatic carbocycles. The summed E-state index contributed by atoms with van der Waals surface area (Å²) in [6.07, 6.45) is 4.16. The van der Waals surface area contributed by atoms with E-state index in [0.29, 0.717) is 6.42 Å². The number of hydrogen-bond acceptors (Lipinski definition) is 3. The monoisotopic (exact) mass is 279 g/mol. The van der Waals surface area contributed by atoms with Crippen LogP contribution in [0.15, 0.2) is 30.6 Å². The Morgan fingerprint density at radius 3 is 2.68 bits per heavy atom. The van der Waals surface area contributed by atoms with Crippen LogP contribution in [-0.2, 0) is 6.42 Å². The molecule has 0 aliphatic carbocycles. The van der Waals surface area contributed by atoms with Gasteiger partial charge in [0, 0.05) is 6.20 Å². The third-order valence-electron chi connectivity index (χ3n) is 2.93. The SMILES string of the molecule is CNC(Cc1ccc(F)c(Cl)c1)c1cnc(C)cn1. The predicted octanol–water partition coefficient (Wildman–Crippen LogP) is 3.08. The lowest BCUT2D eigenvalue weighted by Crippen LogP contribution is -2.20. The van der Waals surface area contributed by atoms with E-state index >= 15 is 0 Å². The first-order valence-electron chi connectivity index (χ1n) is 6.00. The number of halogens is 2. The normalized spacial score (nSPS) is 12.4. The van der Waals surface area contributed by atoms with E-state index in [9.17, 15) is 4.39 Å². The van der Waals surface area contributed by atoms with Crippen LogP contribution in [0.4, 0.5) is 4.39 Å². The third-order valence-corrected chi connectivity index (χ3v) is 3.22. The van der Waals surface area contributed by atoms with Crippen LogP contribution in [0.3, 0.4) is 0 Å². The maximum absolute atomic E-state index is 13.1. The smallest absolute Gasteiger partial charge is 0.141 e. The van der Waals surface area contributed by atoms with E-state index in [2.05, 4.69) is 15.3 Å². The van der Waals surface area contributed by atoms with Crippen LogP contribution in [0.5, 0.6) is 0 Å². The average molecular weight is 280 g/mol. The van der Waals surface area contributed by atoms with Gasteiger partial charge in [-0.3, -0.25) is 9.97 Å². The Morgan fingerprint density at radius 2 is 2.11 bits per heavy atom. The van der Waals surface area contributed by atoms with Crippen molar-refractivity contribution in [3.8, 4) is 0 Å². The van der Waals surface area contributed by atoms with Crippen LogP contribution in [-0.4, -0.2) is 17.0 Å². The van der Waals surface area contributed by atoms with Crippen molar-refractivity contribution in [1.82, 2.24) is 15.3 Å². The highest BCUT2D eigenvalue weighted by Crippen LogP contribution is 2.20. The Hall–Kier alpha value is -1.52. The Morgan fingerprint density at radius 1 is 1.32 bits per heavy atom. The fraction of sp³-hybridized carbons (Fsp3) is 0.286. The molecule has 1 aromatic heterocycles. The van der Waals surface area contributed by atoms with E-state index in [-0.39, 0.29) is 11.1 Å². The van der Waals surface area contributed by atoms with Crippen LogP contribution >= 0.6 is 11.6 Å². The molecule has 1 atom stereocenters. The number of nitrogens with one attached hydrogen (secondary N) is 1. The van der Waals surface area contributed by atoms with Gasteiger partial charge in [0.1, 0.15) is 5.82 Å². The minimum absolute atomic E-state index is 0.0228. The highest BCUT2D eigenvalue weighted by molar-refractivity contribution is 6.30. The molecule has 0 fully saturated rings. The Balaban J connectivity index is 2.18. The third kappa shape index (κ3) is 3.49. The van der Waals surface area contributed by atoms with E-state index in [1.54, 1.807) is 24.5 Å². The first kappa shape index (κ1) is 13.9. The molecule has 0 spiro atoms. The number of rotatable bonds is 4. The number of hydrogen-bond donors (Lipinski definition) is 1. The van der Waals surface area contributed by atoms with Crippen molar-refractivity contribution >= 4 is 11.6 Å². The van der Waals surface area contributed by atoms with Gasteiger partial charge in [-0.2, -0.15) is 0 Å². The van der Waals surface area contributed by atoms with Gasteiger partial charge in [0.2, 0.25) is 0 Å². The molecule has 3 nitrogen and oxygen atoms in total. The van der Waals surface area contributed by atoms with Crippen molar-refractivity contribution < 1.29 is 4.39 Å². The van der Waals surface area contributed by atoms with Gasteiger partial charge in [0.15, 0.2) is 0 Å². The van der Waals surface area contributed by atoms with Crippen LogP contribution in [0, 0.1) is 12.7 Å². The summed E-state index contributed by atoms with van der Waals surface area (Å²) in [6, 6.07) is 4.77. The molecule has 100 valence electrons. The molecule has 5 heteroatoms. The fourth-order valence-corrected chi connectivity index (χ4v) is 2.04. The molecule has 0 saturated heterocycles. The van der Waals surface area contributed by atoms with Gasteiger partial charge >= 0.3 is 0 Å². The van der Waals surface area contributed by atoms with Gasteiger partial charge in [0.05, 0.1) is 28.6 Å². The summed E-state index contributed by atoms with van der Waals surface area (Å²) in [6.45, 7) is 1.89. The zero-order chi connectivity index (χ0) is 13.8. The van der Waals surface area contributed by atoms with Crippen LogP contribution in [0.2, 0.25) is 5.02 Å². The summed E-state index contributed by atoms with van der Waals surface area (Å²) < 4.78 is 13.1. The molecule has 0 saturated carbocycles. The second kappa shape index (κ2) is 6.08. The van der Waals surface area contributed by atoms with Gasteiger partial charge in [-0.05, 0) is 38.1 Å². The molecule has 2 rings (SSSR count). The quantitative estimate of drug-likeness (QED) is 0.935. The summed E-state index contributed by atoms with van der Waals surface area (Å²) in [7, 11) is 1.86. The lowest BCUT2D eigenvalue weighted by atomic mass is 10.0. The Labute approximate surface area is 116 Å². The summed E-state index contributed by atoms with van der Waals surface area (Å²) in [5, 5.41) is 3.32. The highest BCUT2D eigenvalue weighted by atomic mass is 35.5. The summed E-state index contributed by atoms with van der Waals surface area (Å²) in [4.78, 5) is 8.59. The van der Waals surface area contributed by atoms with Crippen molar-refractivity contribution in [3.05, 3.63) is 58.4 Å². The van der Waals surface area contributed by atoms with Crippen molar-refractivity contribution in [2.75, 3.05) is 7.05 Å². The molecule has 0 bridgehead atoms. The second-order valence-electron chi connectivity index (χ2n) is 4.38. The van der Waals surface area contributed by atoms with E-state index in [0.717, 1.165) is 17.0 Å². The van der Waals surface area contributed by atoms with Crippen molar-refractivity contribution in [1.29, 1.82) is 0 Å². The zero-order valence-corrected chi connectivity index (χ0v) is 11.6. The van der Waals surface area contributed by atoms with Crippen LogP contribution < -0.4 is 5.32 Å². The summed E-state index contributed by atoms with van der Waals surface area (Å²) >= 11 is 5.78. The molecule has 1 N–H and O–H groups in total. The lowest BCUT2D eigenvalue weighted by Gasteiger charge is -2.15. The number of aromatic nitrogens is 2. The van der Waals surface area contributed by atoms with Crippen molar-refractivity contribution in [2.24, 2.45) is 0 Å². The Bertz CT molecular complexity index is 557. The molecule has 19 heavy (non-hydrogen) atoms. The molecule has 0 aliphatic rings. The zero-order valence-electron chi connectivity index (χ0n) is 10.8. The predicted molar refractivity (Wildman–Crippen MR) is 73.7 cm³/mol. The number of aryl methyl sites for hydroxylation is 1. The van der Waals surface area contributed by atoms with Gasteiger partial charge in [-0.25, -0.2) is 4.39 Å². The molecule has 1 unspecified atom stereocenters. The number of nitrogens with zero attached hydrogens (tertiary/aromatic N) is 2. The highest BCUT2D eigenvalue weighted by Gasteiger charge is 2.13. The van der Waals surface area contributed by atoms with E-state index in [1.807, 2.05) is 14.0 Å². The molecule has 0 amide bonds. The minimum Gasteiger partial charge on any atom is -0.311 e. The number of likely N-dealkylation sites (N-methyl/N-ethyl adjacent to an activating group) is 1. The maximum Gasteiger partial charge on any atom is 0.141 e. The van der Waals surface area contributed by atoms with Gasteiger partial charge in [0.25, 0.3) is 0 Å². The molecule has 2 aromatic rings. The minimum atomic E-state index is -0.401. The molecule has 0 aliphatic heterocycles. The largest absolute Gasteiger partial charge is 0.311 e. The molecule has 1 heterocycles. The maximum atomic E-state index is 13.1. The molecular weight excluding hydrogens is 265 g/mol. The van der Waals surface area contributed by atoms with E-state index < -0.39 is 5.82 Å². The average Bonchev–Trinajstić information content (AvgIpc) is 2.41. The van der Waals surface area contributed by atoms with Crippen LogP contribution in [0.25, 0.3) is 0 Å². The van der Waals surface area contributed by atoms with E-state index in [1.165, 1.54) is 6.07 Å². The number of benzene rings is 1. The van der Waals surface area contributed by atoms with Gasteiger partial charge in [-0.1, -0.05) is 17.7 Å². The van der Waals surface area contributed by atoms with Gasteiger partial charge in [-0.15, -0.1) is 0 Å². The Kier molecular flexibility index (Phi) is 4.45.